The van der Waals surface area contributed by atoms with Crippen LogP contribution in [0.15, 0.2) is 23.1 Å². The summed E-state index contributed by atoms with van der Waals surface area (Å²) in [6.45, 7) is 2.05. The number of carbonyl (C=O) groups is 2. The second-order valence-corrected chi connectivity index (χ2v) is 9.27. The molecule has 0 aromatic heterocycles. The Morgan fingerprint density at radius 3 is 2.23 bits per heavy atom. The number of hydrogen-bond acceptors (Lipinski definition) is 6. The predicted molar refractivity (Wildman–Crippen MR) is 110 cm³/mol. The zero-order valence-electron chi connectivity index (χ0n) is 17.4. The standard InChI is InChI=1S/C20H29N3O6S/c1-28-17-7-6-16(14-18(17)29-2)30(26,27)21-9-8-19(24)22-10-12-23(13-11-22)20(25)15-4-3-5-15/h6-7,14-15,21H,3-5,8-13H2,1-2H3. The van der Waals surface area contributed by atoms with E-state index in [1.165, 1.54) is 32.4 Å². The van der Waals surface area contributed by atoms with E-state index >= 15 is 0 Å². The summed E-state index contributed by atoms with van der Waals surface area (Å²) >= 11 is 0. The van der Waals surface area contributed by atoms with Crippen molar-refractivity contribution in [1.29, 1.82) is 0 Å². The maximum absolute atomic E-state index is 12.5. The average molecular weight is 440 g/mol. The molecule has 1 saturated heterocycles. The molecule has 2 aliphatic rings. The van der Waals surface area contributed by atoms with E-state index in [0.717, 1.165) is 19.3 Å². The highest BCUT2D eigenvalue weighted by Crippen LogP contribution is 2.29. The van der Waals surface area contributed by atoms with Crippen LogP contribution in [0, 0.1) is 5.92 Å². The number of benzene rings is 1. The van der Waals surface area contributed by atoms with Crippen LogP contribution in [0.1, 0.15) is 25.7 Å². The minimum atomic E-state index is -3.78. The lowest BCUT2D eigenvalue weighted by atomic mass is 9.84. The Morgan fingerprint density at radius 2 is 1.67 bits per heavy atom. The van der Waals surface area contributed by atoms with Gasteiger partial charge in [0.15, 0.2) is 11.5 Å². The second-order valence-electron chi connectivity index (χ2n) is 7.50. The summed E-state index contributed by atoms with van der Waals surface area (Å²) < 4.78 is 37.7. The van der Waals surface area contributed by atoms with Crippen molar-refractivity contribution in [2.24, 2.45) is 5.92 Å². The third kappa shape index (κ3) is 5.04. The first-order valence-electron chi connectivity index (χ1n) is 10.1. The van der Waals surface area contributed by atoms with Crippen molar-refractivity contribution < 1.29 is 27.5 Å². The Morgan fingerprint density at radius 1 is 1.03 bits per heavy atom. The van der Waals surface area contributed by atoms with Crippen LogP contribution >= 0.6 is 0 Å². The fourth-order valence-corrected chi connectivity index (χ4v) is 4.65. The molecule has 1 aliphatic heterocycles. The molecule has 0 spiro atoms. The number of amides is 2. The monoisotopic (exact) mass is 439 g/mol. The normalized spacial score (nSPS) is 17.4. The van der Waals surface area contributed by atoms with Gasteiger partial charge in [0.1, 0.15) is 0 Å². The first-order valence-corrected chi connectivity index (χ1v) is 11.6. The molecule has 1 heterocycles. The van der Waals surface area contributed by atoms with E-state index < -0.39 is 10.0 Å². The SMILES string of the molecule is COc1ccc(S(=O)(=O)NCCC(=O)N2CCN(C(=O)C3CCC3)CC2)cc1OC. The molecule has 1 saturated carbocycles. The molecule has 1 aromatic rings. The van der Waals surface area contributed by atoms with Crippen molar-refractivity contribution in [3.63, 3.8) is 0 Å². The fourth-order valence-electron chi connectivity index (χ4n) is 3.61. The third-order valence-electron chi connectivity index (χ3n) is 5.69. The highest BCUT2D eigenvalue weighted by Gasteiger charge is 2.32. The number of carbonyl (C=O) groups excluding carboxylic acids is 2. The van der Waals surface area contributed by atoms with Gasteiger partial charge >= 0.3 is 0 Å². The minimum Gasteiger partial charge on any atom is -0.493 e. The van der Waals surface area contributed by atoms with E-state index in [-0.39, 0.29) is 35.6 Å². The summed E-state index contributed by atoms with van der Waals surface area (Å²) in [6, 6.07) is 4.31. The van der Waals surface area contributed by atoms with Gasteiger partial charge in [-0.2, -0.15) is 0 Å². The molecule has 166 valence electrons. The lowest BCUT2D eigenvalue weighted by Gasteiger charge is -2.38. The first kappa shape index (κ1) is 22.4. The molecule has 9 nitrogen and oxygen atoms in total. The van der Waals surface area contributed by atoms with Gasteiger partial charge in [-0.1, -0.05) is 6.42 Å². The van der Waals surface area contributed by atoms with Gasteiger partial charge < -0.3 is 19.3 Å². The van der Waals surface area contributed by atoms with Gasteiger partial charge in [-0.05, 0) is 25.0 Å². The number of ether oxygens (including phenoxy) is 2. The number of rotatable bonds is 8. The van der Waals surface area contributed by atoms with E-state index in [4.69, 9.17) is 9.47 Å². The van der Waals surface area contributed by atoms with Gasteiger partial charge in [0, 0.05) is 51.1 Å². The average Bonchev–Trinajstić information content (AvgIpc) is 2.71. The molecule has 1 aromatic carbocycles. The predicted octanol–water partition coefficient (Wildman–Crippen LogP) is 0.843. The van der Waals surface area contributed by atoms with Crippen molar-refractivity contribution in [2.75, 3.05) is 46.9 Å². The number of hydrogen-bond donors (Lipinski definition) is 1. The van der Waals surface area contributed by atoms with E-state index in [0.29, 0.717) is 37.7 Å². The Labute approximate surface area is 177 Å². The van der Waals surface area contributed by atoms with Gasteiger partial charge in [0.25, 0.3) is 0 Å². The molecule has 1 aliphatic carbocycles. The Kier molecular flexibility index (Phi) is 7.19. The summed E-state index contributed by atoms with van der Waals surface area (Å²) in [6.07, 6.45) is 3.12. The molecule has 2 amide bonds. The molecule has 0 bridgehead atoms. The smallest absolute Gasteiger partial charge is 0.240 e. The zero-order chi connectivity index (χ0) is 21.7. The first-order chi connectivity index (χ1) is 14.4. The molecule has 10 heteroatoms. The van der Waals surface area contributed by atoms with Crippen LogP contribution in [0.25, 0.3) is 0 Å². The van der Waals surface area contributed by atoms with Crippen molar-refractivity contribution in [3.8, 4) is 11.5 Å². The van der Waals surface area contributed by atoms with Crippen LogP contribution < -0.4 is 14.2 Å². The lowest BCUT2D eigenvalue weighted by Crippen LogP contribution is -2.52. The van der Waals surface area contributed by atoms with E-state index in [1.807, 2.05) is 4.90 Å². The van der Waals surface area contributed by atoms with Crippen LogP contribution in [0.3, 0.4) is 0 Å². The molecule has 0 unspecified atom stereocenters. The molecular formula is C20H29N3O6S. The number of piperazine rings is 1. The highest BCUT2D eigenvalue weighted by atomic mass is 32.2. The number of sulfonamides is 1. The number of nitrogens with one attached hydrogen (secondary N) is 1. The molecule has 0 radical (unpaired) electrons. The molecule has 1 N–H and O–H groups in total. The van der Waals surface area contributed by atoms with E-state index in [2.05, 4.69) is 4.72 Å². The minimum absolute atomic E-state index is 0.00324. The molecule has 0 atom stereocenters. The largest absolute Gasteiger partial charge is 0.493 e. The summed E-state index contributed by atoms with van der Waals surface area (Å²) in [5.41, 5.74) is 0. The van der Waals surface area contributed by atoms with Crippen molar-refractivity contribution >= 4 is 21.8 Å². The summed E-state index contributed by atoms with van der Waals surface area (Å²) in [5, 5.41) is 0. The Balaban J connectivity index is 1.46. The fraction of sp³-hybridized carbons (Fsp3) is 0.600. The van der Waals surface area contributed by atoms with Crippen LogP contribution in [0.4, 0.5) is 0 Å². The van der Waals surface area contributed by atoms with Gasteiger partial charge in [0.2, 0.25) is 21.8 Å². The summed E-state index contributed by atoms with van der Waals surface area (Å²) in [5.74, 6) is 0.988. The van der Waals surface area contributed by atoms with E-state index in [9.17, 15) is 18.0 Å². The zero-order valence-corrected chi connectivity index (χ0v) is 18.2. The quantitative estimate of drug-likeness (QED) is 0.644. The summed E-state index contributed by atoms with van der Waals surface area (Å²) in [4.78, 5) is 28.3. The van der Waals surface area contributed by atoms with Gasteiger partial charge in [-0.15, -0.1) is 0 Å². The maximum atomic E-state index is 12.5. The third-order valence-corrected chi connectivity index (χ3v) is 7.15. The highest BCUT2D eigenvalue weighted by molar-refractivity contribution is 7.89. The van der Waals surface area contributed by atoms with Gasteiger partial charge in [0.05, 0.1) is 19.1 Å². The molecule has 30 heavy (non-hydrogen) atoms. The maximum Gasteiger partial charge on any atom is 0.240 e. The van der Waals surface area contributed by atoms with Crippen molar-refractivity contribution in [2.45, 2.75) is 30.6 Å². The molecule has 2 fully saturated rings. The van der Waals surface area contributed by atoms with Gasteiger partial charge in [-0.3, -0.25) is 9.59 Å². The van der Waals surface area contributed by atoms with E-state index in [1.54, 1.807) is 4.90 Å². The number of nitrogens with zero attached hydrogens (tertiary/aromatic N) is 2. The second kappa shape index (κ2) is 9.65. The van der Waals surface area contributed by atoms with Crippen LogP contribution in [-0.4, -0.2) is 77.0 Å². The molecular weight excluding hydrogens is 410 g/mol. The van der Waals surface area contributed by atoms with Gasteiger partial charge in [-0.25, -0.2) is 13.1 Å². The van der Waals surface area contributed by atoms with Crippen LogP contribution in [0.5, 0.6) is 11.5 Å². The summed E-state index contributed by atoms with van der Waals surface area (Å²) in [7, 11) is -0.878. The lowest BCUT2D eigenvalue weighted by molar-refractivity contribution is -0.143. The number of methoxy groups -OCH3 is 2. The topological polar surface area (TPSA) is 105 Å². The Hall–Kier alpha value is -2.33. The van der Waals surface area contributed by atoms with Crippen molar-refractivity contribution in [1.82, 2.24) is 14.5 Å². The van der Waals surface area contributed by atoms with Crippen LogP contribution in [0.2, 0.25) is 0 Å². The molecule has 3 rings (SSSR count). The van der Waals surface area contributed by atoms with Crippen molar-refractivity contribution in [3.05, 3.63) is 18.2 Å². The Bertz CT molecular complexity index is 877. The van der Waals surface area contributed by atoms with Crippen LogP contribution in [-0.2, 0) is 19.6 Å².